The Bertz CT molecular complexity index is 520. The molecule has 0 spiro atoms. The van der Waals surface area contributed by atoms with Gasteiger partial charge in [-0.1, -0.05) is 15.9 Å². The van der Waals surface area contributed by atoms with Crippen molar-refractivity contribution in [3.8, 4) is 5.75 Å². The minimum absolute atomic E-state index is 0.673. The first-order chi connectivity index (χ1) is 7.26. The van der Waals surface area contributed by atoms with E-state index in [0.717, 1.165) is 27.3 Å². The standard InChI is InChI=1S/C12H9BrO2/c1-15-9-3-4-10-11(6-9)8(7-14)2-5-12(10)13/h2-7H,1H3. The molecule has 3 heteroatoms. The van der Waals surface area contributed by atoms with Crippen molar-refractivity contribution in [2.24, 2.45) is 0 Å². The zero-order valence-electron chi connectivity index (χ0n) is 8.16. The zero-order valence-corrected chi connectivity index (χ0v) is 9.74. The van der Waals surface area contributed by atoms with E-state index in [1.807, 2.05) is 24.3 Å². The first-order valence-corrected chi connectivity index (χ1v) is 5.27. The van der Waals surface area contributed by atoms with E-state index >= 15 is 0 Å². The highest BCUT2D eigenvalue weighted by Gasteiger charge is 2.04. The Labute approximate surface area is 96.0 Å². The average molecular weight is 265 g/mol. The number of aldehydes is 1. The third kappa shape index (κ3) is 1.75. The molecule has 0 aliphatic rings. The molecule has 2 aromatic rings. The molecule has 0 radical (unpaired) electrons. The fourth-order valence-electron chi connectivity index (χ4n) is 1.54. The molecule has 0 aliphatic carbocycles. The summed E-state index contributed by atoms with van der Waals surface area (Å²) in [6.07, 6.45) is 0.855. The molecule has 0 unspecified atom stereocenters. The van der Waals surface area contributed by atoms with Crippen molar-refractivity contribution in [2.75, 3.05) is 7.11 Å². The van der Waals surface area contributed by atoms with Gasteiger partial charge >= 0.3 is 0 Å². The number of fused-ring (bicyclic) bond motifs is 1. The van der Waals surface area contributed by atoms with Gasteiger partial charge in [0.05, 0.1) is 7.11 Å². The van der Waals surface area contributed by atoms with E-state index in [0.29, 0.717) is 5.56 Å². The molecule has 2 aromatic carbocycles. The van der Waals surface area contributed by atoms with Crippen molar-refractivity contribution in [3.05, 3.63) is 40.4 Å². The summed E-state index contributed by atoms with van der Waals surface area (Å²) < 4.78 is 6.11. The van der Waals surface area contributed by atoms with Crippen LogP contribution in [0.15, 0.2) is 34.8 Å². The van der Waals surface area contributed by atoms with Gasteiger partial charge in [-0.25, -0.2) is 0 Å². The van der Waals surface area contributed by atoms with Crippen molar-refractivity contribution in [1.82, 2.24) is 0 Å². The molecule has 0 heterocycles. The Balaban J connectivity index is 2.82. The summed E-state index contributed by atoms with van der Waals surface area (Å²) in [5.74, 6) is 0.753. The first kappa shape index (κ1) is 10.2. The molecule has 0 saturated heterocycles. The molecule has 76 valence electrons. The van der Waals surface area contributed by atoms with E-state index < -0.39 is 0 Å². The lowest BCUT2D eigenvalue weighted by molar-refractivity contribution is 0.112. The zero-order chi connectivity index (χ0) is 10.8. The van der Waals surface area contributed by atoms with Gasteiger partial charge in [-0.2, -0.15) is 0 Å². The Hall–Kier alpha value is -1.35. The molecule has 0 aliphatic heterocycles. The van der Waals surface area contributed by atoms with E-state index in [-0.39, 0.29) is 0 Å². The summed E-state index contributed by atoms with van der Waals surface area (Å²) in [5.41, 5.74) is 0.673. The van der Waals surface area contributed by atoms with Crippen LogP contribution >= 0.6 is 15.9 Å². The predicted octanol–water partition coefficient (Wildman–Crippen LogP) is 3.42. The predicted molar refractivity (Wildman–Crippen MR) is 63.6 cm³/mol. The maximum Gasteiger partial charge on any atom is 0.150 e. The number of carbonyl (C=O) groups excluding carboxylic acids is 1. The normalized spacial score (nSPS) is 10.3. The van der Waals surface area contributed by atoms with Crippen LogP contribution < -0.4 is 4.74 Å². The van der Waals surface area contributed by atoms with Gasteiger partial charge < -0.3 is 4.74 Å². The third-order valence-corrected chi connectivity index (χ3v) is 3.02. The highest BCUT2D eigenvalue weighted by molar-refractivity contribution is 9.10. The quantitative estimate of drug-likeness (QED) is 0.777. The van der Waals surface area contributed by atoms with Gasteiger partial charge in [0.2, 0.25) is 0 Å². The van der Waals surface area contributed by atoms with E-state index in [2.05, 4.69) is 15.9 Å². The maximum absolute atomic E-state index is 10.9. The second-order valence-electron chi connectivity index (χ2n) is 3.17. The van der Waals surface area contributed by atoms with E-state index in [9.17, 15) is 4.79 Å². The molecule has 0 aromatic heterocycles. The van der Waals surface area contributed by atoms with E-state index in [1.54, 1.807) is 13.2 Å². The number of rotatable bonds is 2. The van der Waals surface area contributed by atoms with Gasteiger partial charge in [-0.15, -0.1) is 0 Å². The SMILES string of the molecule is COc1ccc2c(Br)ccc(C=O)c2c1. The van der Waals surface area contributed by atoms with E-state index in [1.165, 1.54) is 0 Å². The van der Waals surface area contributed by atoms with Crippen LogP contribution in [-0.2, 0) is 0 Å². The Morgan fingerprint density at radius 1 is 1.20 bits per heavy atom. The van der Waals surface area contributed by atoms with Gasteiger partial charge in [-0.3, -0.25) is 4.79 Å². The molecule has 2 rings (SSSR count). The van der Waals surface area contributed by atoms with Crippen molar-refractivity contribution < 1.29 is 9.53 Å². The summed E-state index contributed by atoms with van der Waals surface area (Å²) in [5, 5.41) is 1.92. The monoisotopic (exact) mass is 264 g/mol. The molecule has 2 nitrogen and oxygen atoms in total. The summed E-state index contributed by atoms with van der Waals surface area (Å²) >= 11 is 3.45. The molecule has 15 heavy (non-hydrogen) atoms. The maximum atomic E-state index is 10.9. The molecular weight excluding hydrogens is 256 g/mol. The molecule has 0 saturated carbocycles. The van der Waals surface area contributed by atoms with Gasteiger partial charge in [0.25, 0.3) is 0 Å². The number of hydrogen-bond donors (Lipinski definition) is 0. The Morgan fingerprint density at radius 2 is 2.00 bits per heavy atom. The number of hydrogen-bond acceptors (Lipinski definition) is 2. The van der Waals surface area contributed by atoms with Crippen LogP contribution in [0.3, 0.4) is 0 Å². The van der Waals surface area contributed by atoms with Crippen LogP contribution in [0.1, 0.15) is 10.4 Å². The number of halogens is 1. The van der Waals surface area contributed by atoms with Crippen molar-refractivity contribution in [3.63, 3.8) is 0 Å². The van der Waals surface area contributed by atoms with Crippen LogP contribution in [0.25, 0.3) is 10.8 Å². The van der Waals surface area contributed by atoms with E-state index in [4.69, 9.17) is 4.74 Å². The second-order valence-corrected chi connectivity index (χ2v) is 4.02. The fourth-order valence-corrected chi connectivity index (χ4v) is 2.02. The number of methoxy groups -OCH3 is 1. The molecule has 0 fully saturated rings. The lowest BCUT2D eigenvalue weighted by atomic mass is 10.1. The highest BCUT2D eigenvalue weighted by atomic mass is 79.9. The van der Waals surface area contributed by atoms with Crippen LogP contribution in [-0.4, -0.2) is 13.4 Å². The first-order valence-electron chi connectivity index (χ1n) is 4.47. The minimum Gasteiger partial charge on any atom is -0.497 e. The van der Waals surface area contributed by atoms with Crippen molar-refractivity contribution >= 4 is 33.0 Å². The van der Waals surface area contributed by atoms with Crippen LogP contribution in [0.2, 0.25) is 0 Å². The highest BCUT2D eigenvalue weighted by Crippen LogP contribution is 2.29. The lowest BCUT2D eigenvalue weighted by Crippen LogP contribution is -1.87. The minimum atomic E-state index is 0.673. The van der Waals surface area contributed by atoms with Gasteiger partial charge in [0.1, 0.15) is 5.75 Å². The molecule has 0 N–H and O–H groups in total. The smallest absolute Gasteiger partial charge is 0.150 e. The molecule has 0 atom stereocenters. The summed E-state index contributed by atoms with van der Waals surface area (Å²) in [6, 6.07) is 9.34. The largest absolute Gasteiger partial charge is 0.497 e. The average Bonchev–Trinajstić information content (AvgIpc) is 2.29. The van der Waals surface area contributed by atoms with Crippen molar-refractivity contribution in [1.29, 1.82) is 0 Å². The number of ether oxygens (including phenoxy) is 1. The summed E-state index contributed by atoms with van der Waals surface area (Å²) in [6.45, 7) is 0. The topological polar surface area (TPSA) is 26.3 Å². The van der Waals surface area contributed by atoms with Crippen molar-refractivity contribution in [2.45, 2.75) is 0 Å². The van der Waals surface area contributed by atoms with Gasteiger partial charge in [-0.05, 0) is 41.1 Å². The summed E-state index contributed by atoms with van der Waals surface area (Å²) in [7, 11) is 1.61. The van der Waals surface area contributed by atoms with Crippen LogP contribution in [0.4, 0.5) is 0 Å². The Kier molecular flexibility index (Phi) is 2.73. The number of benzene rings is 2. The van der Waals surface area contributed by atoms with Crippen LogP contribution in [0.5, 0.6) is 5.75 Å². The molecular formula is C12H9BrO2. The van der Waals surface area contributed by atoms with Crippen LogP contribution in [0, 0.1) is 0 Å². The van der Waals surface area contributed by atoms with Gasteiger partial charge in [0, 0.05) is 10.0 Å². The lowest BCUT2D eigenvalue weighted by Gasteiger charge is -2.06. The second kappa shape index (κ2) is 4.03. The Morgan fingerprint density at radius 3 is 2.67 bits per heavy atom. The van der Waals surface area contributed by atoms with Gasteiger partial charge in [0.15, 0.2) is 6.29 Å². The molecule has 0 bridgehead atoms. The fraction of sp³-hybridized carbons (Fsp3) is 0.0833. The third-order valence-electron chi connectivity index (χ3n) is 2.33. The molecule has 0 amide bonds. The number of carbonyl (C=O) groups is 1. The summed E-state index contributed by atoms with van der Waals surface area (Å²) in [4.78, 5) is 10.9.